The molecule has 1 aromatic rings. The zero-order valence-corrected chi connectivity index (χ0v) is 14.0. The van der Waals surface area contributed by atoms with E-state index < -0.39 is 0 Å². The van der Waals surface area contributed by atoms with Gasteiger partial charge >= 0.3 is 0 Å². The first-order chi connectivity index (χ1) is 10.8. The zero-order chi connectivity index (χ0) is 15.6. The Balaban J connectivity index is 1.70. The summed E-state index contributed by atoms with van der Waals surface area (Å²) in [5, 5.41) is 0. The molecule has 0 N–H and O–H groups in total. The Morgan fingerprint density at radius 1 is 1.09 bits per heavy atom. The van der Waals surface area contributed by atoms with Gasteiger partial charge in [0.1, 0.15) is 0 Å². The highest BCUT2D eigenvalue weighted by Crippen LogP contribution is 2.32. The molecular formula is C21H30O. The molecule has 0 unspecified atom stereocenters. The second kappa shape index (κ2) is 9.63. The molecule has 0 saturated heterocycles. The molecule has 0 heterocycles. The SMILES string of the molecule is C=CCOCc1ccc(CCC2CCC(/C=C/C)CC2)cc1. The minimum atomic E-state index is 0.623. The average Bonchev–Trinajstić information content (AvgIpc) is 2.56. The molecule has 1 aromatic carbocycles. The number of allylic oxidation sites excluding steroid dienone is 2. The van der Waals surface area contributed by atoms with Gasteiger partial charge in [-0.05, 0) is 68.4 Å². The molecular weight excluding hydrogens is 268 g/mol. The van der Waals surface area contributed by atoms with Crippen molar-refractivity contribution in [2.24, 2.45) is 11.8 Å². The number of hydrogen-bond donors (Lipinski definition) is 0. The molecule has 22 heavy (non-hydrogen) atoms. The lowest BCUT2D eigenvalue weighted by Crippen LogP contribution is -2.13. The van der Waals surface area contributed by atoms with Gasteiger partial charge in [0, 0.05) is 0 Å². The third-order valence-corrected chi connectivity index (χ3v) is 4.72. The van der Waals surface area contributed by atoms with Gasteiger partial charge < -0.3 is 4.74 Å². The Kier molecular flexibility index (Phi) is 7.45. The van der Waals surface area contributed by atoms with E-state index in [1.165, 1.54) is 49.7 Å². The number of aryl methyl sites for hydroxylation is 1. The van der Waals surface area contributed by atoms with Crippen LogP contribution in [0.4, 0.5) is 0 Å². The van der Waals surface area contributed by atoms with Crippen LogP contribution < -0.4 is 0 Å². The fourth-order valence-electron chi connectivity index (χ4n) is 3.37. The van der Waals surface area contributed by atoms with Crippen LogP contribution in [0.2, 0.25) is 0 Å². The van der Waals surface area contributed by atoms with Crippen LogP contribution in [0.3, 0.4) is 0 Å². The fourth-order valence-corrected chi connectivity index (χ4v) is 3.37. The van der Waals surface area contributed by atoms with Gasteiger partial charge in [-0.3, -0.25) is 0 Å². The normalized spacial score (nSPS) is 22.0. The molecule has 0 bridgehead atoms. The van der Waals surface area contributed by atoms with Crippen LogP contribution in [0.5, 0.6) is 0 Å². The van der Waals surface area contributed by atoms with Crippen molar-refractivity contribution in [3.8, 4) is 0 Å². The van der Waals surface area contributed by atoms with E-state index in [0.717, 1.165) is 11.8 Å². The minimum Gasteiger partial charge on any atom is -0.373 e. The predicted octanol–water partition coefficient (Wildman–Crippen LogP) is 5.70. The van der Waals surface area contributed by atoms with Crippen molar-refractivity contribution in [3.63, 3.8) is 0 Å². The van der Waals surface area contributed by atoms with E-state index >= 15 is 0 Å². The maximum atomic E-state index is 5.47. The molecule has 1 aliphatic carbocycles. The second-order valence-corrected chi connectivity index (χ2v) is 6.47. The third kappa shape index (κ3) is 5.81. The number of ether oxygens (including phenoxy) is 1. The van der Waals surface area contributed by atoms with Crippen LogP contribution in [0.25, 0.3) is 0 Å². The maximum absolute atomic E-state index is 5.47. The monoisotopic (exact) mass is 298 g/mol. The standard InChI is InChI=1S/C21H30O/c1-3-5-18-6-8-19(9-7-18)10-11-20-12-14-21(15-13-20)17-22-16-4-2/h3-5,12-15,18-19H,2,6-11,16-17H2,1H3/b5-3+. The molecule has 1 nitrogen and oxygen atoms in total. The lowest BCUT2D eigenvalue weighted by atomic mass is 9.79. The summed E-state index contributed by atoms with van der Waals surface area (Å²) >= 11 is 0. The van der Waals surface area contributed by atoms with E-state index in [4.69, 9.17) is 4.74 Å². The van der Waals surface area contributed by atoms with Gasteiger partial charge in [0.05, 0.1) is 13.2 Å². The summed E-state index contributed by atoms with van der Waals surface area (Å²) in [6, 6.07) is 8.92. The number of rotatable bonds is 8. The zero-order valence-electron chi connectivity index (χ0n) is 14.0. The van der Waals surface area contributed by atoms with Crippen LogP contribution in [0.15, 0.2) is 49.1 Å². The molecule has 0 aliphatic heterocycles. The van der Waals surface area contributed by atoms with E-state index in [1.807, 2.05) is 0 Å². The summed E-state index contributed by atoms with van der Waals surface area (Å²) in [7, 11) is 0. The first-order valence-corrected chi connectivity index (χ1v) is 8.71. The van der Waals surface area contributed by atoms with Crippen molar-refractivity contribution in [1.82, 2.24) is 0 Å². The largest absolute Gasteiger partial charge is 0.373 e. The van der Waals surface area contributed by atoms with Gasteiger partial charge in [-0.25, -0.2) is 0 Å². The van der Waals surface area contributed by atoms with Crippen LogP contribution >= 0.6 is 0 Å². The summed E-state index contributed by atoms with van der Waals surface area (Å²) in [5.74, 6) is 1.77. The summed E-state index contributed by atoms with van der Waals surface area (Å²) in [6.45, 7) is 7.10. The summed E-state index contributed by atoms with van der Waals surface area (Å²) in [4.78, 5) is 0. The van der Waals surface area contributed by atoms with Crippen molar-refractivity contribution >= 4 is 0 Å². The smallest absolute Gasteiger partial charge is 0.0721 e. The van der Waals surface area contributed by atoms with Gasteiger partial charge in [-0.1, -0.05) is 42.5 Å². The van der Waals surface area contributed by atoms with Crippen molar-refractivity contribution in [2.45, 2.75) is 52.1 Å². The first kappa shape index (κ1) is 17.0. The van der Waals surface area contributed by atoms with E-state index in [0.29, 0.717) is 13.2 Å². The molecule has 1 saturated carbocycles. The molecule has 0 amide bonds. The molecule has 1 fully saturated rings. The van der Waals surface area contributed by atoms with Crippen molar-refractivity contribution in [1.29, 1.82) is 0 Å². The average molecular weight is 298 g/mol. The van der Waals surface area contributed by atoms with E-state index in [-0.39, 0.29) is 0 Å². The van der Waals surface area contributed by atoms with Gasteiger partial charge in [0.15, 0.2) is 0 Å². The van der Waals surface area contributed by atoms with E-state index in [2.05, 4.69) is 49.9 Å². The van der Waals surface area contributed by atoms with E-state index in [9.17, 15) is 0 Å². The first-order valence-electron chi connectivity index (χ1n) is 8.71. The Labute approximate surface area is 136 Å². The van der Waals surface area contributed by atoms with Crippen LogP contribution in [0, 0.1) is 11.8 Å². The Morgan fingerprint density at radius 2 is 1.77 bits per heavy atom. The third-order valence-electron chi connectivity index (χ3n) is 4.72. The molecule has 1 heteroatoms. The molecule has 0 atom stereocenters. The molecule has 120 valence electrons. The number of benzene rings is 1. The fraction of sp³-hybridized carbons (Fsp3) is 0.524. The molecule has 1 aliphatic rings. The highest BCUT2D eigenvalue weighted by molar-refractivity contribution is 5.22. The van der Waals surface area contributed by atoms with Gasteiger partial charge in [0.25, 0.3) is 0 Å². The molecule has 0 spiro atoms. The second-order valence-electron chi connectivity index (χ2n) is 6.47. The van der Waals surface area contributed by atoms with Gasteiger partial charge in [0.2, 0.25) is 0 Å². The van der Waals surface area contributed by atoms with Crippen molar-refractivity contribution < 1.29 is 4.74 Å². The predicted molar refractivity (Wildman–Crippen MR) is 94.9 cm³/mol. The minimum absolute atomic E-state index is 0.623. The molecule has 2 rings (SSSR count). The highest BCUT2D eigenvalue weighted by atomic mass is 16.5. The summed E-state index contributed by atoms with van der Waals surface area (Å²) < 4.78 is 5.47. The maximum Gasteiger partial charge on any atom is 0.0721 e. The van der Waals surface area contributed by atoms with Crippen LogP contribution in [-0.4, -0.2) is 6.61 Å². The lowest BCUT2D eigenvalue weighted by molar-refractivity contribution is 0.149. The Bertz CT molecular complexity index is 449. The van der Waals surface area contributed by atoms with Gasteiger partial charge in [-0.15, -0.1) is 6.58 Å². The lowest BCUT2D eigenvalue weighted by Gasteiger charge is -2.26. The quantitative estimate of drug-likeness (QED) is 0.441. The molecule has 0 aromatic heterocycles. The topological polar surface area (TPSA) is 9.23 Å². The van der Waals surface area contributed by atoms with Gasteiger partial charge in [-0.2, -0.15) is 0 Å². The highest BCUT2D eigenvalue weighted by Gasteiger charge is 2.18. The van der Waals surface area contributed by atoms with Crippen molar-refractivity contribution in [2.75, 3.05) is 6.61 Å². The van der Waals surface area contributed by atoms with Crippen LogP contribution in [-0.2, 0) is 17.8 Å². The Hall–Kier alpha value is -1.34. The summed E-state index contributed by atoms with van der Waals surface area (Å²) in [6.07, 6.45) is 14.5. The molecule has 0 radical (unpaired) electrons. The van der Waals surface area contributed by atoms with Crippen molar-refractivity contribution in [3.05, 3.63) is 60.2 Å². The summed E-state index contributed by atoms with van der Waals surface area (Å²) in [5.41, 5.74) is 2.71. The Morgan fingerprint density at radius 3 is 2.41 bits per heavy atom. The number of hydrogen-bond acceptors (Lipinski definition) is 1. The van der Waals surface area contributed by atoms with Crippen LogP contribution in [0.1, 0.15) is 50.2 Å². The van der Waals surface area contributed by atoms with E-state index in [1.54, 1.807) is 6.08 Å².